The zero-order valence-electron chi connectivity index (χ0n) is 9.02. The highest BCUT2D eigenvalue weighted by Crippen LogP contribution is 2.27. The number of para-hydroxylation sites is 1. The lowest BCUT2D eigenvalue weighted by molar-refractivity contribution is -0.135. The molecule has 0 aliphatic carbocycles. The summed E-state index contributed by atoms with van der Waals surface area (Å²) in [6, 6.07) is 5.18. The minimum absolute atomic E-state index is 0.0399. The molecule has 0 atom stereocenters. The fourth-order valence-corrected chi connectivity index (χ4v) is 1.75. The molecule has 6 heteroatoms. The van der Waals surface area contributed by atoms with Gasteiger partial charge in [0.1, 0.15) is 5.75 Å². The van der Waals surface area contributed by atoms with Gasteiger partial charge in [-0.2, -0.15) is 13.2 Å². The van der Waals surface area contributed by atoms with Crippen LogP contribution >= 0.6 is 15.9 Å². The van der Waals surface area contributed by atoms with Crippen LogP contribution in [0, 0.1) is 0 Å². The van der Waals surface area contributed by atoms with Crippen molar-refractivity contribution in [3.63, 3.8) is 0 Å². The molecule has 0 spiro atoms. The SMILES string of the molecule is Oc1c(Br)cccc1CNCCCC(F)(F)F. The summed E-state index contributed by atoms with van der Waals surface area (Å²) in [6.07, 6.45) is -4.84. The molecule has 0 heterocycles. The maximum Gasteiger partial charge on any atom is 0.389 e. The fraction of sp³-hybridized carbons (Fsp3) is 0.455. The third-order valence-corrected chi connectivity index (χ3v) is 2.84. The molecular weight excluding hydrogens is 299 g/mol. The molecular formula is C11H13BrF3NO. The monoisotopic (exact) mass is 311 g/mol. The summed E-state index contributed by atoms with van der Waals surface area (Å²) in [7, 11) is 0. The lowest BCUT2D eigenvalue weighted by Gasteiger charge is -2.09. The maximum atomic E-state index is 11.8. The average molecular weight is 312 g/mol. The molecule has 0 radical (unpaired) electrons. The number of hydrogen-bond acceptors (Lipinski definition) is 2. The van der Waals surface area contributed by atoms with Crippen molar-refractivity contribution in [2.24, 2.45) is 0 Å². The zero-order chi connectivity index (χ0) is 12.9. The van der Waals surface area contributed by atoms with Crippen LogP contribution in [0.5, 0.6) is 5.75 Å². The van der Waals surface area contributed by atoms with E-state index in [0.29, 0.717) is 16.6 Å². The third-order valence-electron chi connectivity index (χ3n) is 2.20. The highest BCUT2D eigenvalue weighted by atomic mass is 79.9. The van der Waals surface area contributed by atoms with E-state index in [1.807, 2.05) is 0 Å². The van der Waals surface area contributed by atoms with Gasteiger partial charge in [-0.05, 0) is 35.0 Å². The lowest BCUT2D eigenvalue weighted by Crippen LogP contribution is -2.17. The van der Waals surface area contributed by atoms with Crippen molar-refractivity contribution in [1.29, 1.82) is 0 Å². The number of rotatable bonds is 5. The van der Waals surface area contributed by atoms with Crippen LogP contribution in [0.25, 0.3) is 0 Å². The second-order valence-corrected chi connectivity index (χ2v) is 4.50. The molecule has 0 fully saturated rings. The molecule has 96 valence electrons. The number of nitrogens with one attached hydrogen (secondary N) is 1. The van der Waals surface area contributed by atoms with Crippen LogP contribution in [0.1, 0.15) is 18.4 Å². The Morgan fingerprint density at radius 2 is 2.00 bits per heavy atom. The van der Waals surface area contributed by atoms with Crippen LogP contribution in [0.4, 0.5) is 13.2 Å². The summed E-state index contributed by atoms with van der Waals surface area (Å²) in [6.45, 7) is 0.620. The van der Waals surface area contributed by atoms with Crippen molar-refractivity contribution >= 4 is 15.9 Å². The highest BCUT2D eigenvalue weighted by Gasteiger charge is 2.25. The first-order valence-electron chi connectivity index (χ1n) is 5.14. The van der Waals surface area contributed by atoms with Crippen LogP contribution in [-0.4, -0.2) is 17.8 Å². The Hall–Kier alpha value is -0.750. The minimum Gasteiger partial charge on any atom is -0.506 e. The normalized spacial score (nSPS) is 11.8. The van der Waals surface area contributed by atoms with E-state index in [4.69, 9.17) is 0 Å². The van der Waals surface area contributed by atoms with E-state index in [1.165, 1.54) is 0 Å². The molecule has 0 bridgehead atoms. The van der Waals surface area contributed by atoms with E-state index in [9.17, 15) is 18.3 Å². The van der Waals surface area contributed by atoms with Gasteiger partial charge in [0.05, 0.1) is 4.47 Å². The molecule has 1 rings (SSSR count). The maximum absolute atomic E-state index is 11.8. The minimum atomic E-state index is -4.10. The molecule has 2 N–H and O–H groups in total. The lowest BCUT2D eigenvalue weighted by atomic mass is 10.2. The molecule has 0 saturated carbocycles. The molecule has 0 aliphatic rings. The molecule has 0 saturated heterocycles. The molecule has 1 aromatic rings. The van der Waals surface area contributed by atoms with E-state index in [1.54, 1.807) is 18.2 Å². The number of halogens is 4. The van der Waals surface area contributed by atoms with Crippen LogP contribution in [0.2, 0.25) is 0 Å². The first-order chi connectivity index (χ1) is 7.90. The molecule has 0 aliphatic heterocycles. The van der Waals surface area contributed by atoms with E-state index in [2.05, 4.69) is 21.2 Å². The van der Waals surface area contributed by atoms with Gasteiger partial charge in [-0.1, -0.05) is 12.1 Å². The van der Waals surface area contributed by atoms with Gasteiger partial charge in [0.15, 0.2) is 0 Å². The molecule has 0 unspecified atom stereocenters. The van der Waals surface area contributed by atoms with Crippen molar-refractivity contribution in [2.45, 2.75) is 25.6 Å². The number of aromatic hydroxyl groups is 1. The largest absolute Gasteiger partial charge is 0.506 e. The summed E-state index contributed by atoms with van der Waals surface area (Å²) >= 11 is 3.17. The predicted octanol–water partition coefficient (Wildman–Crippen LogP) is 3.59. The highest BCUT2D eigenvalue weighted by molar-refractivity contribution is 9.10. The Bertz CT molecular complexity index is 368. The summed E-state index contributed by atoms with van der Waals surface area (Å²) in [5.41, 5.74) is 0.659. The molecule has 2 nitrogen and oxygen atoms in total. The number of phenols is 1. The van der Waals surface area contributed by atoms with E-state index in [-0.39, 0.29) is 18.7 Å². The van der Waals surface area contributed by atoms with Gasteiger partial charge in [0, 0.05) is 18.5 Å². The van der Waals surface area contributed by atoms with Crippen molar-refractivity contribution in [3.05, 3.63) is 28.2 Å². The molecule has 0 amide bonds. The van der Waals surface area contributed by atoms with Crippen LogP contribution in [0.15, 0.2) is 22.7 Å². The van der Waals surface area contributed by atoms with Crippen molar-refractivity contribution in [1.82, 2.24) is 5.32 Å². The van der Waals surface area contributed by atoms with Gasteiger partial charge in [0.2, 0.25) is 0 Å². The molecule has 17 heavy (non-hydrogen) atoms. The van der Waals surface area contributed by atoms with Gasteiger partial charge in [-0.15, -0.1) is 0 Å². The first-order valence-corrected chi connectivity index (χ1v) is 5.93. The molecule has 0 aromatic heterocycles. The Morgan fingerprint density at radius 1 is 1.29 bits per heavy atom. The standard InChI is InChI=1S/C11H13BrF3NO/c12-9-4-1-3-8(10(9)17)7-16-6-2-5-11(13,14)15/h1,3-4,16-17H,2,5-7H2. The van der Waals surface area contributed by atoms with Gasteiger partial charge >= 0.3 is 6.18 Å². The Balaban J connectivity index is 2.29. The fourth-order valence-electron chi connectivity index (χ4n) is 1.34. The average Bonchev–Trinajstić information content (AvgIpc) is 2.22. The second-order valence-electron chi connectivity index (χ2n) is 3.64. The van der Waals surface area contributed by atoms with E-state index >= 15 is 0 Å². The van der Waals surface area contributed by atoms with Gasteiger partial charge in [-0.25, -0.2) is 0 Å². The summed E-state index contributed by atoms with van der Waals surface area (Å²) in [5, 5.41) is 12.5. The van der Waals surface area contributed by atoms with E-state index in [0.717, 1.165) is 0 Å². The van der Waals surface area contributed by atoms with Crippen LogP contribution in [0.3, 0.4) is 0 Å². The smallest absolute Gasteiger partial charge is 0.389 e. The Kier molecular flexibility index (Phi) is 5.27. The van der Waals surface area contributed by atoms with Crippen molar-refractivity contribution in [2.75, 3.05) is 6.54 Å². The van der Waals surface area contributed by atoms with Crippen LogP contribution in [-0.2, 0) is 6.54 Å². The zero-order valence-corrected chi connectivity index (χ0v) is 10.6. The summed E-state index contributed by atoms with van der Waals surface area (Å²) in [5.74, 6) is 0.121. The Morgan fingerprint density at radius 3 is 2.65 bits per heavy atom. The van der Waals surface area contributed by atoms with Crippen molar-refractivity contribution < 1.29 is 18.3 Å². The third kappa shape index (κ3) is 5.41. The summed E-state index contributed by atoms with van der Waals surface area (Å²) in [4.78, 5) is 0. The first kappa shape index (κ1) is 14.3. The quantitative estimate of drug-likeness (QED) is 0.815. The number of phenolic OH excluding ortho intramolecular Hbond substituents is 1. The van der Waals surface area contributed by atoms with Gasteiger partial charge in [0.25, 0.3) is 0 Å². The number of benzene rings is 1. The van der Waals surface area contributed by atoms with E-state index < -0.39 is 12.6 Å². The van der Waals surface area contributed by atoms with Crippen LogP contribution < -0.4 is 5.32 Å². The number of hydrogen-bond donors (Lipinski definition) is 2. The Labute approximate surface area is 106 Å². The van der Waals surface area contributed by atoms with Gasteiger partial charge < -0.3 is 10.4 Å². The van der Waals surface area contributed by atoms with Gasteiger partial charge in [-0.3, -0.25) is 0 Å². The topological polar surface area (TPSA) is 32.3 Å². The number of alkyl halides is 3. The summed E-state index contributed by atoms with van der Waals surface area (Å²) < 4.78 is 36.1. The predicted molar refractivity (Wildman–Crippen MR) is 62.8 cm³/mol. The molecule has 1 aromatic carbocycles. The van der Waals surface area contributed by atoms with Crippen molar-refractivity contribution in [3.8, 4) is 5.75 Å². The second kappa shape index (κ2) is 6.26.